The molecule has 0 aromatic rings. The van der Waals surface area contributed by atoms with Gasteiger partial charge in [0.05, 0.1) is 0 Å². The van der Waals surface area contributed by atoms with Crippen LogP contribution in [0.25, 0.3) is 0 Å². The summed E-state index contributed by atoms with van der Waals surface area (Å²) >= 11 is 0. The van der Waals surface area contributed by atoms with Gasteiger partial charge >= 0.3 is 5.97 Å². The van der Waals surface area contributed by atoms with E-state index in [0.717, 1.165) is 25.3 Å². The van der Waals surface area contributed by atoms with Gasteiger partial charge in [0.25, 0.3) is 0 Å². The summed E-state index contributed by atoms with van der Waals surface area (Å²) in [6, 6.07) is 0. The van der Waals surface area contributed by atoms with E-state index in [1.807, 2.05) is 0 Å². The number of carboxylic acids is 1. The zero-order chi connectivity index (χ0) is 12.0. The minimum absolute atomic E-state index is 0.319. The predicted octanol–water partition coefficient (Wildman–Crippen LogP) is 2.61. The Hall–Kier alpha value is -0.570. The smallest absolute Gasteiger partial charge is 0.303 e. The average Bonchev–Trinajstić information content (AvgIpc) is 2.18. The Morgan fingerprint density at radius 1 is 1.44 bits per heavy atom. The second-order valence-electron chi connectivity index (χ2n) is 5.24. The lowest BCUT2D eigenvalue weighted by molar-refractivity contribution is -0.137. The van der Waals surface area contributed by atoms with Gasteiger partial charge in [-0.05, 0) is 37.6 Å². The molecule has 0 saturated carbocycles. The molecular weight excluding hydrogens is 202 g/mol. The maximum Gasteiger partial charge on any atom is 0.303 e. The van der Waals surface area contributed by atoms with E-state index in [9.17, 15) is 4.79 Å². The van der Waals surface area contributed by atoms with Crippen molar-refractivity contribution in [3.63, 3.8) is 0 Å². The lowest BCUT2D eigenvalue weighted by Crippen LogP contribution is -2.47. The molecule has 0 aromatic heterocycles. The van der Waals surface area contributed by atoms with E-state index in [1.165, 1.54) is 25.9 Å². The number of carboxylic acid groups (broad SMARTS) is 1. The van der Waals surface area contributed by atoms with Crippen LogP contribution in [-0.2, 0) is 4.79 Å². The summed E-state index contributed by atoms with van der Waals surface area (Å²) in [6.45, 7) is 8.09. The lowest BCUT2D eigenvalue weighted by atomic mass is 9.93. The standard InChI is InChI=1S/C13H25NO2/c1-3-4-12-9-14(10-12)8-7-11(2)5-6-13(15)16/h11-12H,3-10H2,1-2H3,(H,15,16). The Balaban J connectivity index is 1.97. The highest BCUT2D eigenvalue weighted by Gasteiger charge is 2.25. The first-order valence-electron chi connectivity index (χ1n) is 6.56. The van der Waals surface area contributed by atoms with Crippen molar-refractivity contribution in [2.75, 3.05) is 19.6 Å². The highest BCUT2D eigenvalue weighted by atomic mass is 16.4. The van der Waals surface area contributed by atoms with Crippen LogP contribution in [-0.4, -0.2) is 35.6 Å². The molecular formula is C13H25NO2. The molecule has 0 spiro atoms. The van der Waals surface area contributed by atoms with Crippen LogP contribution >= 0.6 is 0 Å². The molecule has 1 saturated heterocycles. The number of rotatable bonds is 8. The van der Waals surface area contributed by atoms with Gasteiger partial charge in [0.2, 0.25) is 0 Å². The van der Waals surface area contributed by atoms with Crippen molar-refractivity contribution in [1.82, 2.24) is 4.90 Å². The molecule has 1 unspecified atom stereocenters. The second-order valence-corrected chi connectivity index (χ2v) is 5.24. The van der Waals surface area contributed by atoms with Gasteiger partial charge in [-0.15, -0.1) is 0 Å². The second kappa shape index (κ2) is 6.89. The first-order valence-corrected chi connectivity index (χ1v) is 6.56. The monoisotopic (exact) mass is 227 g/mol. The number of hydrogen-bond donors (Lipinski definition) is 1. The van der Waals surface area contributed by atoms with Gasteiger partial charge in [-0.25, -0.2) is 0 Å². The fourth-order valence-corrected chi connectivity index (χ4v) is 2.37. The third kappa shape index (κ3) is 4.97. The normalized spacial score (nSPS) is 19.4. The quantitative estimate of drug-likeness (QED) is 0.693. The molecule has 1 atom stereocenters. The molecule has 0 radical (unpaired) electrons. The molecule has 1 aliphatic rings. The number of aliphatic carboxylic acids is 1. The number of hydrogen-bond acceptors (Lipinski definition) is 2. The SMILES string of the molecule is CCCC1CN(CCC(C)CCC(=O)O)C1. The van der Waals surface area contributed by atoms with Crippen LogP contribution < -0.4 is 0 Å². The Kier molecular flexibility index (Phi) is 5.81. The summed E-state index contributed by atoms with van der Waals surface area (Å²) in [5.41, 5.74) is 0. The van der Waals surface area contributed by atoms with Gasteiger partial charge in [-0.2, -0.15) is 0 Å². The van der Waals surface area contributed by atoms with E-state index in [4.69, 9.17) is 5.11 Å². The third-order valence-corrected chi connectivity index (χ3v) is 3.52. The van der Waals surface area contributed by atoms with Gasteiger partial charge in [-0.3, -0.25) is 4.79 Å². The first kappa shape index (κ1) is 13.5. The van der Waals surface area contributed by atoms with Crippen molar-refractivity contribution in [3.05, 3.63) is 0 Å². The van der Waals surface area contributed by atoms with Crippen LogP contribution in [0.2, 0.25) is 0 Å². The molecule has 1 aliphatic heterocycles. The Bertz CT molecular complexity index is 212. The van der Waals surface area contributed by atoms with E-state index in [0.29, 0.717) is 12.3 Å². The van der Waals surface area contributed by atoms with Crippen molar-refractivity contribution in [1.29, 1.82) is 0 Å². The molecule has 0 amide bonds. The lowest BCUT2D eigenvalue weighted by Gasteiger charge is -2.39. The van der Waals surface area contributed by atoms with Gasteiger partial charge in [0.1, 0.15) is 0 Å². The van der Waals surface area contributed by atoms with E-state index in [-0.39, 0.29) is 0 Å². The zero-order valence-corrected chi connectivity index (χ0v) is 10.6. The van der Waals surface area contributed by atoms with Crippen molar-refractivity contribution in [3.8, 4) is 0 Å². The van der Waals surface area contributed by atoms with Crippen molar-refractivity contribution in [2.45, 2.75) is 46.0 Å². The minimum atomic E-state index is -0.668. The van der Waals surface area contributed by atoms with Crippen LogP contribution in [0.1, 0.15) is 46.0 Å². The molecule has 3 heteroatoms. The molecule has 1 heterocycles. The maximum absolute atomic E-state index is 10.4. The molecule has 3 nitrogen and oxygen atoms in total. The highest BCUT2D eigenvalue weighted by Crippen LogP contribution is 2.21. The molecule has 16 heavy (non-hydrogen) atoms. The number of likely N-dealkylation sites (tertiary alicyclic amines) is 1. The minimum Gasteiger partial charge on any atom is -0.481 e. The van der Waals surface area contributed by atoms with Gasteiger partial charge in [0, 0.05) is 19.5 Å². The van der Waals surface area contributed by atoms with Crippen LogP contribution in [0.3, 0.4) is 0 Å². The largest absolute Gasteiger partial charge is 0.481 e. The summed E-state index contributed by atoms with van der Waals surface area (Å²) < 4.78 is 0. The first-order chi connectivity index (χ1) is 7.61. The fraction of sp³-hybridized carbons (Fsp3) is 0.923. The summed E-state index contributed by atoms with van der Waals surface area (Å²) in [6.07, 6.45) is 4.95. The Labute approximate surface area is 98.8 Å². The molecule has 1 N–H and O–H groups in total. The molecule has 0 aromatic carbocycles. The number of carbonyl (C=O) groups is 1. The highest BCUT2D eigenvalue weighted by molar-refractivity contribution is 5.66. The van der Waals surface area contributed by atoms with Crippen LogP contribution in [0.5, 0.6) is 0 Å². The van der Waals surface area contributed by atoms with Crippen LogP contribution in [0.15, 0.2) is 0 Å². The summed E-state index contributed by atoms with van der Waals surface area (Å²) in [5, 5.41) is 8.58. The fourth-order valence-electron chi connectivity index (χ4n) is 2.37. The predicted molar refractivity (Wildman–Crippen MR) is 65.5 cm³/mol. The van der Waals surface area contributed by atoms with Crippen LogP contribution in [0.4, 0.5) is 0 Å². The molecule has 0 aliphatic carbocycles. The maximum atomic E-state index is 10.4. The Morgan fingerprint density at radius 2 is 2.12 bits per heavy atom. The van der Waals surface area contributed by atoms with Crippen molar-refractivity contribution in [2.24, 2.45) is 11.8 Å². The van der Waals surface area contributed by atoms with Gasteiger partial charge < -0.3 is 10.0 Å². The van der Waals surface area contributed by atoms with Crippen molar-refractivity contribution < 1.29 is 9.90 Å². The topological polar surface area (TPSA) is 40.5 Å². The summed E-state index contributed by atoms with van der Waals surface area (Å²) in [4.78, 5) is 12.9. The summed E-state index contributed by atoms with van der Waals surface area (Å²) in [5.74, 6) is 0.805. The van der Waals surface area contributed by atoms with E-state index in [1.54, 1.807) is 0 Å². The zero-order valence-electron chi connectivity index (χ0n) is 10.6. The van der Waals surface area contributed by atoms with Crippen molar-refractivity contribution >= 4 is 5.97 Å². The molecule has 94 valence electrons. The van der Waals surface area contributed by atoms with Gasteiger partial charge in [0.15, 0.2) is 0 Å². The van der Waals surface area contributed by atoms with Gasteiger partial charge in [-0.1, -0.05) is 20.3 Å². The Morgan fingerprint density at radius 3 is 2.69 bits per heavy atom. The van der Waals surface area contributed by atoms with E-state index < -0.39 is 5.97 Å². The summed E-state index contributed by atoms with van der Waals surface area (Å²) in [7, 11) is 0. The number of nitrogens with zero attached hydrogens (tertiary/aromatic N) is 1. The third-order valence-electron chi connectivity index (χ3n) is 3.52. The van der Waals surface area contributed by atoms with E-state index >= 15 is 0 Å². The molecule has 1 fully saturated rings. The molecule has 1 rings (SSSR count). The molecule has 0 bridgehead atoms. The average molecular weight is 227 g/mol. The van der Waals surface area contributed by atoms with Crippen LogP contribution in [0, 0.1) is 11.8 Å². The van der Waals surface area contributed by atoms with E-state index in [2.05, 4.69) is 18.7 Å².